The van der Waals surface area contributed by atoms with Crippen LogP contribution >= 0.6 is 23.2 Å². The molecule has 138 valence electrons. The lowest BCUT2D eigenvalue weighted by Gasteiger charge is -2.33. The number of nitrogens with one attached hydrogen (secondary N) is 1. The van der Waals surface area contributed by atoms with Crippen molar-refractivity contribution in [2.45, 2.75) is 19.3 Å². The Morgan fingerprint density at radius 3 is 2.81 bits per heavy atom. The zero-order valence-electron chi connectivity index (χ0n) is 14.3. The fraction of sp³-hybridized carbons (Fsp3) is 0.389. The van der Waals surface area contributed by atoms with Gasteiger partial charge in [-0.2, -0.15) is 4.98 Å². The summed E-state index contributed by atoms with van der Waals surface area (Å²) in [4.78, 5) is 22.7. The van der Waals surface area contributed by atoms with E-state index in [1.165, 1.54) is 0 Å². The number of carbonyl (C=O) groups excluding carboxylic acids is 1. The molecule has 2 aromatic rings. The lowest BCUT2D eigenvalue weighted by Crippen LogP contribution is -2.37. The van der Waals surface area contributed by atoms with Gasteiger partial charge < -0.3 is 16.0 Å². The average Bonchev–Trinajstić information content (AvgIpc) is 2.59. The van der Waals surface area contributed by atoms with Crippen molar-refractivity contribution in [1.82, 2.24) is 9.97 Å². The van der Waals surface area contributed by atoms with E-state index in [0.29, 0.717) is 22.4 Å². The minimum Gasteiger partial charge on any atom is -0.378 e. The summed E-state index contributed by atoms with van der Waals surface area (Å²) in [6.45, 7) is 1.97. The van der Waals surface area contributed by atoms with Crippen molar-refractivity contribution in [3.63, 3.8) is 0 Å². The van der Waals surface area contributed by atoms with Gasteiger partial charge in [0, 0.05) is 41.4 Å². The predicted octanol–water partition coefficient (Wildman–Crippen LogP) is 3.65. The van der Waals surface area contributed by atoms with Gasteiger partial charge in [0.2, 0.25) is 5.95 Å². The van der Waals surface area contributed by atoms with Gasteiger partial charge in [-0.25, -0.2) is 4.98 Å². The number of benzene rings is 1. The van der Waals surface area contributed by atoms with Gasteiger partial charge in [0.25, 0.3) is 0 Å². The van der Waals surface area contributed by atoms with Crippen LogP contribution in [0.1, 0.15) is 19.3 Å². The Balaban J connectivity index is 1.52. The molecule has 1 aromatic carbocycles. The van der Waals surface area contributed by atoms with Crippen molar-refractivity contribution < 1.29 is 4.79 Å². The largest absolute Gasteiger partial charge is 0.378 e. The number of hydrogen-bond acceptors (Lipinski definition) is 6. The number of carbonyl (C=O) groups is 1. The molecule has 1 atom stereocenters. The second-order valence-corrected chi connectivity index (χ2v) is 7.35. The van der Waals surface area contributed by atoms with Crippen molar-refractivity contribution in [3.8, 4) is 0 Å². The summed E-state index contributed by atoms with van der Waals surface area (Å²) in [6.07, 6.45) is 4.25. The fourth-order valence-electron chi connectivity index (χ4n) is 3.23. The van der Waals surface area contributed by atoms with Gasteiger partial charge in [-0.15, -0.1) is 0 Å². The SMILES string of the molecule is Nc1nccc(N2CCC[C@@H](CC(=O)CNc3cc(Cl)cc(Cl)c3)C2)n1. The highest BCUT2D eigenvalue weighted by molar-refractivity contribution is 6.35. The van der Waals surface area contributed by atoms with E-state index in [1.54, 1.807) is 24.4 Å². The van der Waals surface area contributed by atoms with Crippen LogP contribution in [0.2, 0.25) is 10.0 Å². The van der Waals surface area contributed by atoms with Crippen LogP contribution in [0.25, 0.3) is 0 Å². The summed E-state index contributed by atoms with van der Waals surface area (Å²) in [5.41, 5.74) is 6.41. The third-order valence-electron chi connectivity index (χ3n) is 4.37. The number of ketones is 1. The first kappa shape index (κ1) is 18.7. The molecule has 1 aliphatic heterocycles. The summed E-state index contributed by atoms with van der Waals surface area (Å²) in [7, 11) is 0. The summed E-state index contributed by atoms with van der Waals surface area (Å²) in [5.74, 6) is 1.55. The average molecular weight is 394 g/mol. The molecule has 0 spiro atoms. The van der Waals surface area contributed by atoms with Gasteiger partial charge in [-0.1, -0.05) is 23.2 Å². The van der Waals surface area contributed by atoms with Gasteiger partial charge in [0.1, 0.15) is 5.82 Å². The molecule has 1 aliphatic rings. The van der Waals surface area contributed by atoms with Crippen molar-refractivity contribution >= 4 is 46.4 Å². The first-order chi connectivity index (χ1) is 12.5. The Morgan fingerprint density at radius 1 is 1.31 bits per heavy atom. The van der Waals surface area contributed by atoms with E-state index >= 15 is 0 Å². The van der Waals surface area contributed by atoms with Crippen LogP contribution in [-0.2, 0) is 4.79 Å². The van der Waals surface area contributed by atoms with Crippen LogP contribution in [0.15, 0.2) is 30.5 Å². The zero-order chi connectivity index (χ0) is 18.5. The van der Waals surface area contributed by atoms with Crippen LogP contribution < -0.4 is 16.0 Å². The Hall–Kier alpha value is -2.05. The molecule has 3 rings (SSSR count). The quantitative estimate of drug-likeness (QED) is 0.778. The number of Topliss-reactive ketones (excluding diaryl/α,β-unsaturated/α-hetero) is 1. The maximum atomic E-state index is 12.4. The monoisotopic (exact) mass is 393 g/mol. The van der Waals surface area contributed by atoms with Crippen molar-refractivity contribution in [2.75, 3.05) is 35.6 Å². The number of anilines is 3. The number of nitrogen functional groups attached to an aromatic ring is 1. The number of nitrogens with zero attached hydrogens (tertiary/aromatic N) is 3. The molecule has 2 heterocycles. The predicted molar refractivity (Wildman–Crippen MR) is 106 cm³/mol. The van der Waals surface area contributed by atoms with Crippen molar-refractivity contribution in [1.29, 1.82) is 0 Å². The number of halogens is 2. The Kier molecular flexibility index (Phi) is 6.16. The third-order valence-corrected chi connectivity index (χ3v) is 4.81. The summed E-state index contributed by atoms with van der Waals surface area (Å²) >= 11 is 11.9. The standard InChI is InChI=1S/C18H21Cl2N5O/c19-13-7-14(20)9-15(8-13)23-10-16(26)6-12-2-1-5-25(11-12)17-3-4-22-18(21)24-17/h3-4,7-9,12,23H,1-2,5-6,10-11H2,(H2,21,22,24)/t12-/m0/s1. The van der Waals surface area contributed by atoms with E-state index in [-0.39, 0.29) is 18.3 Å². The molecule has 3 N–H and O–H groups in total. The molecule has 1 saturated heterocycles. The van der Waals surface area contributed by atoms with E-state index in [4.69, 9.17) is 28.9 Å². The molecule has 1 aromatic heterocycles. The maximum Gasteiger partial charge on any atom is 0.221 e. The van der Waals surface area contributed by atoms with Crippen molar-refractivity contribution in [2.24, 2.45) is 5.92 Å². The summed E-state index contributed by atoms with van der Waals surface area (Å²) < 4.78 is 0. The van der Waals surface area contributed by atoms with Crippen molar-refractivity contribution in [3.05, 3.63) is 40.5 Å². The first-order valence-electron chi connectivity index (χ1n) is 8.55. The van der Waals surface area contributed by atoms with Gasteiger partial charge in [-0.3, -0.25) is 4.79 Å². The van der Waals surface area contributed by atoms with E-state index in [9.17, 15) is 4.79 Å². The highest BCUT2D eigenvalue weighted by atomic mass is 35.5. The first-order valence-corrected chi connectivity index (χ1v) is 9.30. The van der Waals surface area contributed by atoms with Crippen LogP contribution in [0.3, 0.4) is 0 Å². The maximum absolute atomic E-state index is 12.4. The van der Waals surface area contributed by atoms with Crippen LogP contribution in [0.4, 0.5) is 17.5 Å². The number of nitrogens with two attached hydrogens (primary N) is 1. The second kappa shape index (κ2) is 8.56. The topological polar surface area (TPSA) is 84.1 Å². The lowest BCUT2D eigenvalue weighted by atomic mass is 9.93. The van der Waals surface area contributed by atoms with Crippen LogP contribution in [0.5, 0.6) is 0 Å². The molecule has 0 saturated carbocycles. The second-order valence-electron chi connectivity index (χ2n) is 6.48. The van der Waals surface area contributed by atoms with E-state index in [0.717, 1.165) is 37.4 Å². The molecule has 0 bridgehead atoms. The van der Waals surface area contributed by atoms with E-state index < -0.39 is 0 Å². The third kappa shape index (κ3) is 5.22. The molecule has 0 amide bonds. The zero-order valence-corrected chi connectivity index (χ0v) is 15.8. The number of rotatable bonds is 6. The van der Waals surface area contributed by atoms with Gasteiger partial charge in [0.05, 0.1) is 6.54 Å². The Labute approximate surface area is 162 Å². The molecule has 26 heavy (non-hydrogen) atoms. The normalized spacial score (nSPS) is 17.2. The molecule has 0 radical (unpaired) electrons. The van der Waals surface area contributed by atoms with Gasteiger partial charge in [-0.05, 0) is 43.0 Å². The molecular weight excluding hydrogens is 373 g/mol. The summed E-state index contributed by atoms with van der Waals surface area (Å²) in [5, 5.41) is 4.18. The molecule has 0 unspecified atom stereocenters. The van der Waals surface area contributed by atoms with Gasteiger partial charge in [0.15, 0.2) is 5.78 Å². The lowest BCUT2D eigenvalue weighted by molar-refractivity contribution is -0.118. The van der Waals surface area contributed by atoms with Crippen LogP contribution in [-0.4, -0.2) is 35.4 Å². The Morgan fingerprint density at radius 2 is 2.08 bits per heavy atom. The number of hydrogen-bond donors (Lipinski definition) is 2. The molecule has 1 fully saturated rings. The van der Waals surface area contributed by atoms with E-state index in [1.807, 2.05) is 6.07 Å². The minimum atomic E-state index is 0.162. The minimum absolute atomic E-state index is 0.162. The Bertz CT molecular complexity index is 766. The molecule has 6 nitrogen and oxygen atoms in total. The highest BCUT2D eigenvalue weighted by Gasteiger charge is 2.23. The highest BCUT2D eigenvalue weighted by Crippen LogP contribution is 2.25. The van der Waals surface area contributed by atoms with Gasteiger partial charge >= 0.3 is 0 Å². The fourth-order valence-corrected chi connectivity index (χ4v) is 3.76. The van der Waals surface area contributed by atoms with E-state index in [2.05, 4.69) is 20.2 Å². The smallest absolute Gasteiger partial charge is 0.221 e. The summed E-state index contributed by atoms with van der Waals surface area (Å²) in [6, 6.07) is 7.02. The number of piperidine rings is 1. The molecule has 0 aliphatic carbocycles. The number of aromatic nitrogens is 2. The molecular formula is C18H21Cl2N5O. The van der Waals surface area contributed by atoms with Crippen LogP contribution in [0, 0.1) is 5.92 Å². The molecule has 8 heteroatoms.